The summed E-state index contributed by atoms with van der Waals surface area (Å²) in [6, 6.07) is 6.36. The molecule has 0 saturated heterocycles. The highest BCUT2D eigenvalue weighted by Crippen LogP contribution is 2.24. The van der Waals surface area contributed by atoms with Gasteiger partial charge < -0.3 is 10.6 Å². The van der Waals surface area contributed by atoms with Crippen LogP contribution in [0.5, 0.6) is 0 Å². The van der Waals surface area contributed by atoms with Crippen molar-refractivity contribution in [2.24, 2.45) is 11.1 Å². The maximum Gasteiger partial charge on any atom is 0.0320 e. The average molecular weight is 364 g/mol. The summed E-state index contributed by atoms with van der Waals surface area (Å²) in [7, 11) is 2.13. The SMILES string of the molecule is CN(Cc1ccc(Br)c(Br)c1)CC(C)(C)CN. The second-order valence-corrected chi connectivity index (χ2v) is 7.00. The molecule has 0 aromatic heterocycles. The normalized spacial score (nSPS) is 12.2. The van der Waals surface area contributed by atoms with Crippen molar-refractivity contribution in [3.05, 3.63) is 32.7 Å². The molecular formula is C13H20Br2N2. The van der Waals surface area contributed by atoms with Crippen molar-refractivity contribution in [3.63, 3.8) is 0 Å². The Hall–Kier alpha value is 0.1000. The maximum atomic E-state index is 5.75. The van der Waals surface area contributed by atoms with Gasteiger partial charge in [-0.05, 0) is 68.6 Å². The maximum absolute atomic E-state index is 5.75. The lowest BCUT2D eigenvalue weighted by Crippen LogP contribution is -2.36. The topological polar surface area (TPSA) is 29.3 Å². The first-order valence-corrected chi connectivity index (χ1v) is 7.25. The fourth-order valence-corrected chi connectivity index (χ4v) is 2.47. The number of halogens is 2. The van der Waals surface area contributed by atoms with Crippen LogP contribution in [0.4, 0.5) is 0 Å². The van der Waals surface area contributed by atoms with E-state index in [1.807, 2.05) is 0 Å². The van der Waals surface area contributed by atoms with E-state index in [9.17, 15) is 0 Å². The highest BCUT2D eigenvalue weighted by Gasteiger charge is 2.18. The van der Waals surface area contributed by atoms with Crippen LogP contribution in [0.25, 0.3) is 0 Å². The Labute approximate surface area is 121 Å². The highest BCUT2D eigenvalue weighted by molar-refractivity contribution is 9.13. The summed E-state index contributed by atoms with van der Waals surface area (Å²) in [5.41, 5.74) is 7.22. The lowest BCUT2D eigenvalue weighted by atomic mass is 9.93. The van der Waals surface area contributed by atoms with Gasteiger partial charge in [0.2, 0.25) is 0 Å². The minimum Gasteiger partial charge on any atom is -0.330 e. The van der Waals surface area contributed by atoms with Crippen LogP contribution in [-0.4, -0.2) is 25.0 Å². The van der Waals surface area contributed by atoms with Crippen LogP contribution in [-0.2, 0) is 6.54 Å². The van der Waals surface area contributed by atoms with Crippen molar-refractivity contribution < 1.29 is 0 Å². The summed E-state index contributed by atoms with van der Waals surface area (Å²) < 4.78 is 2.19. The van der Waals surface area contributed by atoms with Gasteiger partial charge in [-0.15, -0.1) is 0 Å². The standard InChI is InChI=1S/C13H20Br2N2/c1-13(2,8-16)9-17(3)7-10-4-5-11(14)12(15)6-10/h4-6H,7-9,16H2,1-3H3. The van der Waals surface area contributed by atoms with Crippen LogP contribution in [0.1, 0.15) is 19.4 Å². The Morgan fingerprint density at radius 1 is 1.24 bits per heavy atom. The monoisotopic (exact) mass is 362 g/mol. The molecule has 0 aliphatic carbocycles. The van der Waals surface area contributed by atoms with Gasteiger partial charge in [0.05, 0.1) is 0 Å². The van der Waals surface area contributed by atoms with Crippen LogP contribution < -0.4 is 5.73 Å². The third kappa shape index (κ3) is 5.08. The number of benzene rings is 1. The summed E-state index contributed by atoms with van der Waals surface area (Å²) in [5, 5.41) is 0. The molecule has 1 aromatic carbocycles. The molecule has 1 rings (SSSR count). The van der Waals surface area contributed by atoms with Gasteiger partial charge in [0.1, 0.15) is 0 Å². The molecule has 17 heavy (non-hydrogen) atoms. The van der Waals surface area contributed by atoms with Crippen molar-refractivity contribution >= 4 is 31.9 Å². The number of hydrogen-bond donors (Lipinski definition) is 1. The van der Waals surface area contributed by atoms with Crippen LogP contribution in [0.2, 0.25) is 0 Å². The predicted molar refractivity (Wildman–Crippen MR) is 81.0 cm³/mol. The van der Waals surface area contributed by atoms with E-state index in [0.717, 1.165) is 22.0 Å². The second kappa shape index (κ2) is 6.32. The van der Waals surface area contributed by atoms with Crippen LogP contribution in [0, 0.1) is 5.41 Å². The molecule has 0 saturated carbocycles. The molecule has 4 heteroatoms. The first-order chi connectivity index (χ1) is 7.84. The third-order valence-electron chi connectivity index (χ3n) is 2.69. The van der Waals surface area contributed by atoms with E-state index in [-0.39, 0.29) is 5.41 Å². The van der Waals surface area contributed by atoms with Gasteiger partial charge in [-0.25, -0.2) is 0 Å². The van der Waals surface area contributed by atoms with Gasteiger partial charge >= 0.3 is 0 Å². The van der Waals surface area contributed by atoms with Crippen LogP contribution in [0.3, 0.4) is 0 Å². The molecule has 0 atom stereocenters. The summed E-state index contributed by atoms with van der Waals surface area (Å²) >= 11 is 7.00. The van der Waals surface area contributed by atoms with E-state index in [1.165, 1.54) is 5.56 Å². The van der Waals surface area contributed by atoms with Gasteiger partial charge in [0, 0.05) is 22.0 Å². The quantitative estimate of drug-likeness (QED) is 0.865. The minimum atomic E-state index is 0.168. The second-order valence-electron chi connectivity index (χ2n) is 5.29. The lowest BCUT2D eigenvalue weighted by Gasteiger charge is -2.29. The van der Waals surface area contributed by atoms with E-state index in [4.69, 9.17) is 5.73 Å². The molecular weight excluding hydrogens is 344 g/mol. The fraction of sp³-hybridized carbons (Fsp3) is 0.538. The summed E-state index contributed by atoms with van der Waals surface area (Å²) in [5.74, 6) is 0. The predicted octanol–water partition coefficient (Wildman–Crippen LogP) is 3.63. The van der Waals surface area contributed by atoms with Crippen LogP contribution in [0.15, 0.2) is 27.1 Å². The van der Waals surface area contributed by atoms with Crippen molar-refractivity contribution in [1.29, 1.82) is 0 Å². The zero-order chi connectivity index (χ0) is 13.1. The Balaban J connectivity index is 2.62. The Morgan fingerprint density at radius 3 is 2.41 bits per heavy atom. The number of nitrogens with zero attached hydrogens (tertiary/aromatic N) is 1. The molecule has 2 N–H and O–H groups in total. The molecule has 0 spiro atoms. The smallest absolute Gasteiger partial charge is 0.0320 e. The van der Waals surface area contributed by atoms with Gasteiger partial charge in [0.15, 0.2) is 0 Å². The fourth-order valence-electron chi connectivity index (χ4n) is 1.80. The molecule has 0 heterocycles. The van der Waals surface area contributed by atoms with Crippen molar-refractivity contribution in [2.45, 2.75) is 20.4 Å². The van der Waals surface area contributed by atoms with E-state index in [1.54, 1.807) is 0 Å². The Bertz CT molecular complexity index is 378. The summed E-state index contributed by atoms with van der Waals surface area (Å²) in [6.07, 6.45) is 0. The van der Waals surface area contributed by atoms with Crippen molar-refractivity contribution in [1.82, 2.24) is 4.90 Å². The molecule has 0 radical (unpaired) electrons. The van der Waals surface area contributed by atoms with Crippen molar-refractivity contribution in [2.75, 3.05) is 20.1 Å². The van der Waals surface area contributed by atoms with E-state index < -0.39 is 0 Å². The summed E-state index contributed by atoms with van der Waals surface area (Å²) in [4.78, 5) is 2.31. The van der Waals surface area contributed by atoms with Gasteiger partial charge in [-0.2, -0.15) is 0 Å². The van der Waals surface area contributed by atoms with E-state index in [0.29, 0.717) is 6.54 Å². The molecule has 0 fully saturated rings. The van der Waals surface area contributed by atoms with Crippen molar-refractivity contribution in [3.8, 4) is 0 Å². The first kappa shape index (κ1) is 15.2. The van der Waals surface area contributed by atoms with Crippen LogP contribution >= 0.6 is 31.9 Å². The Kier molecular flexibility index (Phi) is 5.64. The van der Waals surface area contributed by atoms with Gasteiger partial charge in [0.25, 0.3) is 0 Å². The Morgan fingerprint density at radius 2 is 1.88 bits per heavy atom. The molecule has 0 aliphatic rings. The molecule has 0 amide bonds. The number of nitrogens with two attached hydrogens (primary N) is 1. The summed E-state index contributed by atoms with van der Waals surface area (Å²) in [6.45, 7) is 7.04. The van der Waals surface area contributed by atoms with Gasteiger partial charge in [-0.1, -0.05) is 19.9 Å². The highest BCUT2D eigenvalue weighted by atomic mass is 79.9. The minimum absolute atomic E-state index is 0.168. The van der Waals surface area contributed by atoms with Gasteiger partial charge in [-0.3, -0.25) is 0 Å². The zero-order valence-electron chi connectivity index (χ0n) is 10.6. The molecule has 1 aromatic rings. The molecule has 0 unspecified atom stereocenters. The third-order valence-corrected chi connectivity index (χ3v) is 4.57. The molecule has 0 aliphatic heterocycles. The zero-order valence-corrected chi connectivity index (χ0v) is 13.8. The number of hydrogen-bond acceptors (Lipinski definition) is 2. The van der Waals surface area contributed by atoms with E-state index >= 15 is 0 Å². The largest absolute Gasteiger partial charge is 0.330 e. The first-order valence-electron chi connectivity index (χ1n) is 5.66. The lowest BCUT2D eigenvalue weighted by molar-refractivity contribution is 0.210. The molecule has 0 bridgehead atoms. The molecule has 2 nitrogen and oxygen atoms in total. The average Bonchev–Trinajstić information content (AvgIpc) is 2.23. The number of rotatable bonds is 5. The van der Waals surface area contributed by atoms with E-state index in [2.05, 4.69) is 75.9 Å². The molecule has 96 valence electrons.